The number of Topliss-reactive ketones (excluding diaryl/α,β-unsaturated/α-hetero) is 1. The number of carbonyl (C=O) groups excluding carboxylic acids is 1. The molecule has 4 nitrogen and oxygen atoms in total. The molecule has 0 amide bonds. The molecule has 1 aromatic carbocycles. The molecule has 2 atom stereocenters. The highest BCUT2D eigenvalue weighted by molar-refractivity contribution is 6.02. The van der Waals surface area contributed by atoms with Gasteiger partial charge in [0.25, 0.3) is 0 Å². The van der Waals surface area contributed by atoms with Crippen LogP contribution in [0, 0.1) is 11.6 Å². The van der Waals surface area contributed by atoms with Crippen LogP contribution >= 0.6 is 0 Å². The summed E-state index contributed by atoms with van der Waals surface area (Å²) < 4.78 is 26.7. The Bertz CT molecular complexity index is 505. The van der Waals surface area contributed by atoms with Crippen LogP contribution in [-0.2, 0) is 4.79 Å². The fraction of sp³-hybridized carbons (Fsp3) is 0.429. The van der Waals surface area contributed by atoms with Crippen molar-refractivity contribution in [2.45, 2.75) is 38.8 Å². The second-order valence-electron chi connectivity index (χ2n) is 4.61. The smallest absolute Gasteiger partial charge is 0.305 e. The molecule has 1 rings (SSSR count). The second kappa shape index (κ2) is 7.09. The van der Waals surface area contributed by atoms with E-state index >= 15 is 0 Å². The van der Waals surface area contributed by atoms with Crippen LogP contribution in [0.3, 0.4) is 0 Å². The molecule has 0 fully saturated rings. The van der Waals surface area contributed by atoms with E-state index in [0.29, 0.717) is 6.42 Å². The molecule has 0 saturated heterocycles. The highest BCUT2D eigenvalue weighted by Crippen LogP contribution is 2.14. The zero-order valence-corrected chi connectivity index (χ0v) is 11.3. The van der Waals surface area contributed by atoms with E-state index in [1.54, 1.807) is 6.92 Å². The van der Waals surface area contributed by atoms with E-state index < -0.39 is 41.4 Å². The van der Waals surface area contributed by atoms with Gasteiger partial charge in [0.15, 0.2) is 5.78 Å². The largest absolute Gasteiger partial charge is 0.481 e. The first-order chi connectivity index (χ1) is 9.35. The monoisotopic (exact) mass is 285 g/mol. The Balaban J connectivity index is 3.02. The SMILES string of the molecule is CCC(C)NC(CC(=O)O)C(=O)c1cc(F)ccc1F. The number of ketones is 1. The van der Waals surface area contributed by atoms with Crippen molar-refractivity contribution < 1.29 is 23.5 Å². The van der Waals surface area contributed by atoms with E-state index in [1.807, 2.05) is 6.92 Å². The third-order valence-electron chi connectivity index (χ3n) is 2.99. The lowest BCUT2D eigenvalue weighted by atomic mass is 9.99. The van der Waals surface area contributed by atoms with Gasteiger partial charge in [-0.2, -0.15) is 0 Å². The van der Waals surface area contributed by atoms with Gasteiger partial charge in [0, 0.05) is 6.04 Å². The molecule has 0 heterocycles. The highest BCUT2D eigenvalue weighted by atomic mass is 19.1. The molecule has 6 heteroatoms. The van der Waals surface area contributed by atoms with Crippen LogP contribution in [0.1, 0.15) is 37.0 Å². The van der Waals surface area contributed by atoms with Crippen molar-refractivity contribution in [2.75, 3.05) is 0 Å². The van der Waals surface area contributed by atoms with E-state index in [2.05, 4.69) is 5.32 Å². The van der Waals surface area contributed by atoms with Gasteiger partial charge in [-0.3, -0.25) is 9.59 Å². The maximum absolute atomic E-state index is 13.6. The molecule has 2 N–H and O–H groups in total. The van der Waals surface area contributed by atoms with Crippen LogP contribution in [0.5, 0.6) is 0 Å². The van der Waals surface area contributed by atoms with Gasteiger partial charge in [0.05, 0.1) is 18.0 Å². The molecule has 0 radical (unpaired) electrons. The zero-order valence-electron chi connectivity index (χ0n) is 11.3. The molecule has 1 aromatic rings. The van der Waals surface area contributed by atoms with Gasteiger partial charge in [-0.25, -0.2) is 8.78 Å². The number of carbonyl (C=O) groups is 2. The van der Waals surface area contributed by atoms with E-state index in [0.717, 1.165) is 18.2 Å². The van der Waals surface area contributed by atoms with Crippen molar-refractivity contribution in [3.63, 3.8) is 0 Å². The topological polar surface area (TPSA) is 66.4 Å². The van der Waals surface area contributed by atoms with Crippen LogP contribution in [-0.4, -0.2) is 28.9 Å². The molecule has 0 saturated carbocycles. The first-order valence-electron chi connectivity index (χ1n) is 6.32. The summed E-state index contributed by atoms with van der Waals surface area (Å²) in [5.74, 6) is -3.55. The molecule has 0 aliphatic rings. The third kappa shape index (κ3) is 4.38. The van der Waals surface area contributed by atoms with Gasteiger partial charge in [0.1, 0.15) is 11.6 Å². The normalized spacial score (nSPS) is 13.8. The molecule has 0 aliphatic carbocycles. The van der Waals surface area contributed by atoms with Gasteiger partial charge < -0.3 is 10.4 Å². The van der Waals surface area contributed by atoms with E-state index in [1.165, 1.54) is 0 Å². The minimum Gasteiger partial charge on any atom is -0.481 e. The quantitative estimate of drug-likeness (QED) is 0.755. The Morgan fingerprint density at radius 3 is 2.55 bits per heavy atom. The highest BCUT2D eigenvalue weighted by Gasteiger charge is 2.26. The lowest BCUT2D eigenvalue weighted by molar-refractivity contribution is -0.137. The van der Waals surface area contributed by atoms with Gasteiger partial charge in [-0.1, -0.05) is 6.92 Å². The molecule has 20 heavy (non-hydrogen) atoms. The fourth-order valence-electron chi connectivity index (χ4n) is 1.74. The summed E-state index contributed by atoms with van der Waals surface area (Å²) in [6, 6.07) is 1.34. The Hall–Kier alpha value is -1.82. The van der Waals surface area contributed by atoms with Crippen molar-refractivity contribution in [1.29, 1.82) is 0 Å². The minimum absolute atomic E-state index is 0.111. The van der Waals surface area contributed by atoms with E-state index in [9.17, 15) is 18.4 Å². The lowest BCUT2D eigenvalue weighted by Gasteiger charge is -2.20. The van der Waals surface area contributed by atoms with Crippen LogP contribution < -0.4 is 5.32 Å². The molecule has 0 bridgehead atoms. The van der Waals surface area contributed by atoms with Gasteiger partial charge in [0.2, 0.25) is 0 Å². The van der Waals surface area contributed by atoms with Gasteiger partial charge in [-0.15, -0.1) is 0 Å². The number of hydrogen-bond acceptors (Lipinski definition) is 3. The Kier molecular flexibility index (Phi) is 5.76. The average Bonchev–Trinajstić information content (AvgIpc) is 2.39. The molecular weight excluding hydrogens is 268 g/mol. The summed E-state index contributed by atoms with van der Waals surface area (Å²) in [5.41, 5.74) is -0.438. The number of nitrogens with one attached hydrogen (secondary N) is 1. The number of halogens is 2. The van der Waals surface area contributed by atoms with Crippen LogP contribution in [0.25, 0.3) is 0 Å². The van der Waals surface area contributed by atoms with Gasteiger partial charge >= 0.3 is 5.97 Å². The van der Waals surface area contributed by atoms with Crippen molar-refractivity contribution in [3.8, 4) is 0 Å². The maximum Gasteiger partial charge on any atom is 0.305 e. The third-order valence-corrected chi connectivity index (χ3v) is 2.99. The second-order valence-corrected chi connectivity index (χ2v) is 4.61. The number of hydrogen-bond donors (Lipinski definition) is 2. The number of aliphatic carboxylic acids is 1. The number of carboxylic acids is 1. The molecular formula is C14H17F2NO3. The predicted octanol–water partition coefficient (Wildman–Crippen LogP) is 2.38. The molecule has 0 spiro atoms. The zero-order chi connectivity index (χ0) is 15.3. The first kappa shape index (κ1) is 16.2. The van der Waals surface area contributed by atoms with Gasteiger partial charge in [-0.05, 0) is 31.5 Å². The Morgan fingerprint density at radius 2 is 2.00 bits per heavy atom. The van der Waals surface area contributed by atoms with Crippen LogP contribution in [0.2, 0.25) is 0 Å². The van der Waals surface area contributed by atoms with Crippen LogP contribution in [0.4, 0.5) is 8.78 Å². The number of rotatable bonds is 7. The maximum atomic E-state index is 13.6. The lowest BCUT2D eigenvalue weighted by Crippen LogP contribution is -2.43. The molecule has 2 unspecified atom stereocenters. The molecule has 110 valence electrons. The van der Waals surface area contributed by atoms with E-state index in [-0.39, 0.29) is 6.04 Å². The van der Waals surface area contributed by atoms with Crippen molar-refractivity contribution in [2.24, 2.45) is 0 Å². The summed E-state index contributed by atoms with van der Waals surface area (Å²) >= 11 is 0. The standard InChI is InChI=1S/C14H17F2NO3/c1-3-8(2)17-12(7-13(18)19)14(20)10-6-9(15)4-5-11(10)16/h4-6,8,12,17H,3,7H2,1-2H3,(H,18,19). The van der Waals surface area contributed by atoms with Crippen molar-refractivity contribution >= 4 is 11.8 Å². The minimum atomic E-state index is -1.18. The van der Waals surface area contributed by atoms with Crippen molar-refractivity contribution in [1.82, 2.24) is 5.32 Å². The molecule has 0 aromatic heterocycles. The summed E-state index contributed by atoms with van der Waals surface area (Å²) in [6.45, 7) is 3.65. The van der Waals surface area contributed by atoms with Crippen LogP contribution in [0.15, 0.2) is 18.2 Å². The summed E-state index contributed by atoms with van der Waals surface area (Å²) in [4.78, 5) is 23.0. The number of carboxylic acid groups (broad SMARTS) is 1. The first-order valence-corrected chi connectivity index (χ1v) is 6.32. The number of benzene rings is 1. The fourth-order valence-corrected chi connectivity index (χ4v) is 1.74. The average molecular weight is 285 g/mol. The van der Waals surface area contributed by atoms with Crippen molar-refractivity contribution in [3.05, 3.63) is 35.4 Å². The predicted molar refractivity (Wildman–Crippen MR) is 69.6 cm³/mol. The Labute approximate surface area is 115 Å². The Morgan fingerprint density at radius 1 is 1.35 bits per heavy atom. The van der Waals surface area contributed by atoms with E-state index in [4.69, 9.17) is 5.11 Å². The summed E-state index contributed by atoms with van der Waals surface area (Å²) in [6.07, 6.45) is 0.189. The molecule has 0 aliphatic heterocycles. The summed E-state index contributed by atoms with van der Waals surface area (Å²) in [7, 11) is 0. The summed E-state index contributed by atoms with van der Waals surface area (Å²) in [5, 5.41) is 11.7.